The van der Waals surface area contributed by atoms with Crippen LogP contribution < -0.4 is 5.73 Å². The van der Waals surface area contributed by atoms with Crippen LogP contribution in [0.15, 0.2) is 0 Å². The van der Waals surface area contributed by atoms with Crippen molar-refractivity contribution in [3.8, 4) is 0 Å². The molecular formula is C7H15NO2. The SMILES string of the molecule is CC1(C)[C@@H](O)C[C@]1(N)CO. The lowest BCUT2D eigenvalue weighted by Crippen LogP contribution is -2.71. The molecule has 0 heterocycles. The van der Waals surface area contributed by atoms with E-state index in [0.29, 0.717) is 6.42 Å². The van der Waals surface area contributed by atoms with Gasteiger partial charge in [0.25, 0.3) is 0 Å². The molecule has 0 aromatic carbocycles. The molecular weight excluding hydrogens is 130 g/mol. The first-order valence-corrected chi connectivity index (χ1v) is 3.52. The van der Waals surface area contributed by atoms with Crippen molar-refractivity contribution in [1.29, 1.82) is 0 Å². The normalized spacial score (nSPS) is 44.7. The van der Waals surface area contributed by atoms with Gasteiger partial charge >= 0.3 is 0 Å². The lowest BCUT2D eigenvalue weighted by molar-refractivity contribution is -0.133. The first-order chi connectivity index (χ1) is 4.44. The van der Waals surface area contributed by atoms with Crippen molar-refractivity contribution in [3.63, 3.8) is 0 Å². The maximum absolute atomic E-state index is 9.25. The molecule has 0 aliphatic heterocycles. The van der Waals surface area contributed by atoms with E-state index in [1.807, 2.05) is 13.8 Å². The van der Waals surface area contributed by atoms with Crippen LogP contribution in [0.1, 0.15) is 20.3 Å². The predicted octanol–water partition coefficient (Wildman–Crippen LogP) is -0.533. The van der Waals surface area contributed by atoms with E-state index in [2.05, 4.69) is 0 Å². The first kappa shape index (κ1) is 7.98. The number of aliphatic hydroxyl groups is 2. The van der Waals surface area contributed by atoms with Crippen molar-refractivity contribution in [2.24, 2.45) is 11.1 Å². The van der Waals surface area contributed by atoms with E-state index in [9.17, 15) is 5.11 Å². The van der Waals surface area contributed by atoms with Crippen LogP contribution in [0.4, 0.5) is 0 Å². The van der Waals surface area contributed by atoms with Crippen LogP contribution in [0.3, 0.4) is 0 Å². The van der Waals surface area contributed by atoms with Crippen LogP contribution in [-0.4, -0.2) is 28.5 Å². The van der Waals surface area contributed by atoms with Gasteiger partial charge in [-0.15, -0.1) is 0 Å². The monoisotopic (exact) mass is 145 g/mol. The molecule has 2 atom stereocenters. The average Bonchev–Trinajstić information content (AvgIpc) is 1.88. The average molecular weight is 145 g/mol. The third kappa shape index (κ3) is 0.713. The van der Waals surface area contributed by atoms with Gasteiger partial charge in [0.1, 0.15) is 0 Å². The Bertz CT molecular complexity index is 144. The maximum atomic E-state index is 9.25. The zero-order valence-corrected chi connectivity index (χ0v) is 6.46. The van der Waals surface area contributed by atoms with Crippen LogP contribution in [0.25, 0.3) is 0 Å². The van der Waals surface area contributed by atoms with Crippen molar-refractivity contribution >= 4 is 0 Å². The first-order valence-electron chi connectivity index (χ1n) is 3.52. The van der Waals surface area contributed by atoms with Crippen molar-refractivity contribution < 1.29 is 10.2 Å². The van der Waals surface area contributed by atoms with Gasteiger partial charge in [-0.3, -0.25) is 0 Å². The highest BCUT2D eigenvalue weighted by Crippen LogP contribution is 2.47. The van der Waals surface area contributed by atoms with Crippen LogP contribution in [0.2, 0.25) is 0 Å². The highest BCUT2D eigenvalue weighted by molar-refractivity contribution is 5.12. The fourth-order valence-electron chi connectivity index (χ4n) is 1.33. The molecule has 0 aromatic heterocycles. The molecule has 1 aliphatic rings. The predicted molar refractivity (Wildman–Crippen MR) is 38.4 cm³/mol. The Morgan fingerprint density at radius 2 is 2.10 bits per heavy atom. The Balaban J connectivity index is 2.70. The molecule has 1 fully saturated rings. The summed E-state index contributed by atoms with van der Waals surface area (Å²) in [5.74, 6) is 0. The molecule has 0 spiro atoms. The minimum atomic E-state index is -0.563. The van der Waals surface area contributed by atoms with E-state index in [0.717, 1.165) is 0 Å². The summed E-state index contributed by atoms with van der Waals surface area (Å²) in [5.41, 5.74) is 4.87. The summed E-state index contributed by atoms with van der Waals surface area (Å²) in [5, 5.41) is 18.1. The number of hydrogen-bond acceptors (Lipinski definition) is 3. The van der Waals surface area contributed by atoms with Gasteiger partial charge in [0.15, 0.2) is 0 Å². The molecule has 0 aromatic rings. The van der Waals surface area contributed by atoms with Gasteiger partial charge in [-0.25, -0.2) is 0 Å². The highest BCUT2D eigenvalue weighted by Gasteiger charge is 2.56. The summed E-state index contributed by atoms with van der Waals surface area (Å²) in [6, 6.07) is 0. The standard InChI is InChI=1S/C7H15NO2/c1-6(2)5(10)3-7(6,8)4-9/h5,9-10H,3-4,8H2,1-2H3/t5-,7-/m0/s1. The smallest absolute Gasteiger partial charge is 0.0628 e. The van der Waals surface area contributed by atoms with E-state index in [4.69, 9.17) is 10.8 Å². The van der Waals surface area contributed by atoms with Crippen LogP contribution in [-0.2, 0) is 0 Å². The molecule has 1 aliphatic carbocycles. The minimum absolute atomic E-state index is 0.0446. The molecule has 10 heavy (non-hydrogen) atoms. The van der Waals surface area contributed by atoms with Crippen molar-refractivity contribution in [3.05, 3.63) is 0 Å². The Kier molecular flexibility index (Phi) is 1.54. The fourth-order valence-corrected chi connectivity index (χ4v) is 1.33. The Labute approximate surface area is 60.9 Å². The van der Waals surface area contributed by atoms with Gasteiger partial charge in [0.05, 0.1) is 12.7 Å². The second kappa shape index (κ2) is 1.94. The second-order valence-electron chi connectivity index (χ2n) is 3.76. The molecule has 4 N–H and O–H groups in total. The third-order valence-electron chi connectivity index (χ3n) is 2.96. The molecule has 0 bridgehead atoms. The Morgan fingerprint density at radius 3 is 2.20 bits per heavy atom. The second-order valence-corrected chi connectivity index (χ2v) is 3.76. The lowest BCUT2D eigenvalue weighted by Gasteiger charge is -2.56. The quantitative estimate of drug-likeness (QED) is 0.464. The summed E-state index contributed by atoms with van der Waals surface area (Å²) < 4.78 is 0. The zero-order valence-electron chi connectivity index (χ0n) is 6.46. The number of nitrogens with two attached hydrogens (primary N) is 1. The van der Waals surface area contributed by atoms with Gasteiger partial charge in [0.2, 0.25) is 0 Å². The molecule has 1 saturated carbocycles. The van der Waals surface area contributed by atoms with E-state index < -0.39 is 5.54 Å². The van der Waals surface area contributed by atoms with Gasteiger partial charge in [-0.1, -0.05) is 13.8 Å². The molecule has 0 radical (unpaired) electrons. The number of rotatable bonds is 1. The molecule has 0 saturated heterocycles. The lowest BCUT2D eigenvalue weighted by atomic mass is 9.55. The summed E-state index contributed by atoms with van der Waals surface area (Å²) in [7, 11) is 0. The van der Waals surface area contributed by atoms with E-state index in [-0.39, 0.29) is 18.1 Å². The van der Waals surface area contributed by atoms with E-state index >= 15 is 0 Å². The Morgan fingerprint density at radius 1 is 1.60 bits per heavy atom. The molecule has 0 amide bonds. The fraction of sp³-hybridized carbons (Fsp3) is 1.00. The van der Waals surface area contributed by atoms with E-state index in [1.54, 1.807) is 0 Å². The van der Waals surface area contributed by atoms with Crippen LogP contribution in [0.5, 0.6) is 0 Å². The van der Waals surface area contributed by atoms with Gasteiger partial charge in [-0.05, 0) is 6.42 Å². The van der Waals surface area contributed by atoms with Gasteiger partial charge in [-0.2, -0.15) is 0 Å². The summed E-state index contributed by atoms with van der Waals surface area (Å²) in [6.07, 6.45) is 0.154. The van der Waals surface area contributed by atoms with Crippen molar-refractivity contribution in [1.82, 2.24) is 0 Å². The molecule has 60 valence electrons. The van der Waals surface area contributed by atoms with Gasteiger partial charge < -0.3 is 15.9 Å². The number of hydrogen-bond donors (Lipinski definition) is 3. The van der Waals surface area contributed by atoms with Crippen LogP contribution in [0, 0.1) is 5.41 Å². The summed E-state index contributed by atoms with van der Waals surface area (Å²) in [4.78, 5) is 0. The molecule has 0 unspecified atom stereocenters. The van der Waals surface area contributed by atoms with Crippen molar-refractivity contribution in [2.45, 2.75) is 31.9 Å². The van der Waals surface area contributed by atoms with E-state index in [1.165, 1.54) is 0 Å². The molecule has 3 nitrogen and oxygen atoms in total. The minimum Gasteiger partial charge on any atom is -0.394 e. The topological polar surface area (TPSA) is 66.5 Å². The third-order valence-corrected chi connectivity index (χ3v) is 2.96. The molecule has 3 heteroatoms. The largest absolute Gasteiger partial charge is 0.394 e. The van der Waals surface area contributed by atoms with Crippen LogP contribution >= 0.6 is 0 Å². The van der Waals surface area contributed by atoms with Gasteiger partial charge in [0, 0.05) is 11.0 Å². The summed E-state index contributed by atoms with van der Waals surface area (Å²) >= 11 is 0. The highest BCUT2D eigenvalue weighted by atomic mass is 16.3. The molecule has 1 rings (SSSR count). The Hall–Kier alpha value is -0.120. The zero-order chi connectivity index (χ0) is 7.99. The summed E-state index contributed by atoms with van der Waals surface area (Å²) in [6.45, 7) is 3.70. The maximum Gasteiger partial charge on any atom is 0.0628 e. The number of aliphatic hydroxyl groups excluding tert-OH is 2. The van der Waals surface area contributed by atoms with Crippen molar-refractivity contribution in [2.75, 3.05) is 6.61 Å².